The number of aromatic nitrogens is 2. The van der Waals surface area contributed by atoms with E-state index < -0.39 is 11.6 Å². The summed E-state index contributed by atoms with van der Waals surface area (Å²) in [5.74, 6) is -0.929. The molecular formula is C12H13F2N3. The third-order valence-electron chi connectivity index (χ3n) is 2.66. The van der Waals surface area contributed by atoms with E-state index in [1.807, 2.05) is 0 Å². The maximum absolute atomic E-state index is 13.6. The van der Waals surface area contributed by atoms with Gasteiger partial charge in [-0.3, -0.25) is 4.68 Å². The lowest BCUT2D eigenvalue weighted by molar-refractivity contribution is 0.603. The summed E-state index contributed by atoms with van der Waals surface area (Å²) < 4.78 is 28.4. The monoisotopic (exact) mass is 237 g/mol. The molecule has 0 spiro atoms. The summed E-state index contributed by atoms with van der Waals surface area (Å²) in [6, 6.07) is 3.38. The molecule has 0 bridgehead atoms. The number of aryl methyl sites for hydroxylation is 1. The van der Waals surface area contributed by atoms with Crippen LogP contribution in [0.3, 0.4) is 0 Å². The van der Waals surface area contributed by atoms with Crippen molar-refractivity contribution in [3.8, 4) is 11.1 Å². The number of benzene rings is 1. The second-order valence-electron chi connectivity index (χ2n) is 3.79. The van der Waals surface area contributed by atoms with Crippen molar-refractivity contribution < 1.29 is 8.78 Å². The Kier molecular flexibility index (Phi) is 3.19. The molecule has 0 unspecified atom stereocenters. The van der Waals surface area contributed by atoms with Crippen molar-refractivity contribution in [2.45, 2.75) is 6.42 Å². The van der Waals surface area contributed by atoms with Gasteiger partial charge in [0, 0.05) is 30.3 Å². The molecule has 0 atom stereocenters. The average molecular weight is 237 g/mol. The molecule has 1 aromatic heterocycles. The van der Waals surface area contributed by atoms with Crippen molar-refractivity contribution in [3.63, 3.8) is 0 Å². The van der Waals surface area contributed by atoms with E-state index in [1.54, 1.807) is 11.7 Å². The minimum absolute atomic E-state index is 0.224. The van der Waals surface area contributed by atoms with Gasteiger partial charge in [-0.15, -0.1) is 0 Å². The van der Waals surface area contributed by atoms with Crippen LogP contribution >= 0.6 is 0 Å². The van der Waals surface area contributed by atoms with Crippen molar-refractivity contribution in [1.82, 2.24) is 9.78 Å². The largest absolute Gasteiger partial charge is 0.330 e. The van der Waals surface area contributed by atoms with Gasteiger partial charge in [-0.05, 0) is 24.7 Å². The molecule has 90 valence electrons. The summed E-state index contributed by atoms with van der Waals surface area (Å²) in [6.07, 6.45) is 2.10. The smallest absolute Gasteiger partial charge is 0.131 e. The van der Waals surface area contributed by atoms with Gasteiger partial charge < -0.3 is 5.73 Å². The number of rotatable bonds is 3. The number of hydrogen-bond acceptors (Lipinski definition) is 2. The Bertz CT molecular complexity index is 535. The fraction of sp³-hybridized carbons (Fsp3) is 0.250. The lowest BCUT2D eigenvalue weighted by atomic mass is 10.0. The Balaban J connectivity index is 2.56. The molecule has 0 aliphatic heterocycles. The molecule has 0 aliphatic carbocycles. The highest BCUT2D eigenvalue weighted by molar-refractivity contribution is 5.66. The van der Waals surface area contributed by atoms with Gasteiger partial charge in [-0.1, -0.05) is 0 Å². The molecule has 2 rings (SSSR count). The second kappa shape index (κ2) is 4.63. The van der Waals surface area contributed by atoms with Gasteiger partial charge in [-0.25, -0.2) is 8.78 Å². The Morgan fingerprint density at radius 2 is 2.06 bits per heavy atom. The molecule has 0 radical (unpaired) electrons. The van der Waals surface area contributed by atoms with Crippen LogP contribution in [-0.4, -0.2) is 16.3 Å². The molecule has 0 saturated heterocycles. The number of nitrogens with zero attached hydrogens (tertiary/aromatic N) is 2. The van der Waals surface area contributed by atoms with E-state index in [4.69, 9.17) is 5.73 Å². The molecular weight excluding hydrogens is 224 g/mol. The molecule has 17 heavy (non-hydrogen) atoms. The van der Waals surface area contributed by atoms with Crippen LogP contribution in [0.4, 0.5) is 8.78 Å². The Morgan fingerprint density at radius 1 is 1.29 bits per heavy atom. The number of halogens is 2. The summed E-state index contributed by atoms with van der Waals surface area (Å²) in [5, 5.41) is 4.05. The summed E-state index contributed by atoms with van der Waals surface area (Å²) in [6.45, 7) is 0.434. The SMILES string of the molecule is Cn1ncc(-c2cc(F)ccc2F)c1CCN. The van der Waals surface area contributed by atoms with E-state index in [0.717, 1.165) is 17.8 Å². The standard InChI is InChI=1S/C12H13F2N3/c1-17-12(4-5-15)10(7-16-17)9-6-8(13)2-3-11(9)14/h2-3,6-7H,4-5,15H2,1H3. The molecule has 2 N–H and O–H groups in total. The first-order valence-electron chi connectivity index (χ1n) is 5.30. The predicted octanol–water partition coefficient (Wildman–Crippen LogP) is 1.87. The minimum Gasteiger partial charge on any atom is -0.330 e. The summed E-state index contributed by atoms with van der Waals surface area (Å²) in [7, 11) is 1.76. The average Bonchev–Trinajstić information content (AvgIpc) is 2.65. The highest BCUT2D eigenvalue weighted by Crippen LogP contribution is 2.26. The van der Waals surface area contributed by atoms with Crippen molar-refractivity contribution in [3.05, 3.63) is 41.7 Å². The first-order chi connectivity index (χ1) is 8.13. The van der Waals surface area contributed by atoms with E-state index in [9.17, 15) is 8.78 Å². The highest BCUT2D eigenvalue weighted by Gasteiger charge is 2.14. The fourth-order valence-electron chi connectivity index (χ4n) is 1.82. The first-order valence-corrected chi connectivity index (χ1v) is 5.30. The fourth-order valence-corrected chi connectivity index (χ4v) is 1.82. The van der Waals surface area contributed by atoms with Gasteiger partial charge in [0.15, 0.2) is 0 Å². The first kappa shape index (κ1) is 11.7. The van der Waals surface area contributed by atoms with Gasteiger partial charge in [0.05, 0.1) is 6.20 Å². The van der Waals surface area contributed by atoms with E-state index in [-0.39, 0.29) is 5.56 Å². The van der Waals surface area contributed by atoms with E-state index in [1.165, 1.54) is 12.3 Å². The van der Waals surface area contributed by atoms with Crippen LogP contribution in [0, 0.1) is 11.6 Å². The molecule has 0 saturated carbocycles. The minimum atomic E-state index is -0.469. The van der Waals surface area contributed by atoms with Gasteiger partial charge in [0.25, 0.3) is 0 Å². The zero-order valence-electron chi connectivity index (χ0n) is 9.45. The van der Waals surface area contributed by atoms with E-state index in [2.05, 4.69) is 5.10 Å². The van der Waals surface area contributed by atoms with Crippen molar-refractivity contribution in [1.29, 1.82) is 0 Å². The quantitative estimate of drug-likeness (QED) is 0.885. The summed E-state index contributed by atoms with van der Waals surface area (Å²) in [4.78, 5) is 0. The molecule has 1 aromatic carbocycles. The summed E-state index contributed by atoms with van der Waals surface area (Å²) in [5.41, 5.74) is 7.11. The Labute approximate surface area is 97.9 Å². The van der Waals surface area contributed by atoms with Crippen LogP contribution in [0.25, 0.3) is 11.1 Å². The highest BCUT2D eigenvalue weighted by atomic mass is 19.1. The molecule has 5 heteroatoms. The molecule has 0 fully saturated rings. The van der Waals surface area contributed by atoms with Crippen molar-refractivity contribution in [2.24, 2.45) is 12.8 Å². The Morgan fingerprint density at radius 3 is 2.76 bits per heavy atom. The zero-order chi connectivity index (χ0) is 12.4. The molecule has 0 aliphatic rings. The van der Waals surface area contributed by atoms with Crippen LogP contribution in [0.2, 0.25) is 0 Å². The van der Waals surface area contributed by atoms with Crippen LogP contribution in [0.5, 0.6) is 0 Å². The van der Waals surface area contributed by atoms with Gasteiger partial charge in [-0.2, -0.15) is 5.10 Å². The van der Waals surface area contributed by atoms with Crippen LogP contribution in [0.15, 0.2) is 24.4 Å². The normalized spacial score (nSPS) is 10.8. The summed E-state index contributed by atoms with van der Waals surface area (Å²) >= 11 is 0. The zero-order valence-corrected chi connectivity index (χ0v) is 9.45. The molecule has 3 nitrogen and oxygen atoms in total. The van der Waals surface area contributed by atoms with Crippen molar-refractivity contribution >= 4 is 0 Å². The van der Waals surface area contributed by atoms with Gasteiger partial charge in [0.1, 0.15) is 11.6 Å². The molecule has 2 aromatic rings. The molecule has 1 heterocycles. The van der Waals surface area contributed by atoms with Gasteiger partial charge >= 0.3 is 0 Å². The van der Waals surface area contributed by atoms with Crippen LogP contribution < -0.4 is 5.73 Å². The van der Waals surface area contributed by atoms with Crippen molar-refractivity contribution in [2.75, 3.05) is 6.54 Å². The second-order valence-corrected chi connectivity index (χ2v) is 3.79. The maximum atomic E-state index is 13.6. The van der Waals surface area contributed by atoms with Gasteiger partial charge in [0.2, 0.25) is 0 Å². The van der Waals surface area contributed by atoms with Crippen LogP contribution in [-0.2, 0) is 13.5 Å². The maximum Gasteiger partial charge on any atom is 0.131 e. The van der Waals surface area contributed by atoms with E-state index in [0.29, 0.717) is 18.5 Å². The number of nitrogens with two attached hydrogens (primary N) is 1. The topological polar surface area (TPSA) is 43.8 Å². The Hall–Kier alpha value is -1.75. The predicted molar refractivity (Wildman–Crippen MR) is 61.3 cm³/mol. The lowest BCUT2D eigenvalue weighted by Gasteiger charge is -2.06. The third-order valence-corrected chi connectivity index (χ3v) is 2.66. The van der Waals surface area contributed by atoms with E-state index >= 15 is 0 Å². The lowest BCUT2D eigenvalue weighted by Crippen LogP contribution is -2.08. The molecule has 0 amide bonds. The number of hydrogen-bond donors (Lipinski definition) is 1. The third kappa shape index (κ3) is 2.19. The van der Waals surface area contributed by atoms with Crippen LogP contribution in [0.1, 0.15) is 5.69 Å².